The van der Waals surface area contributed by atoms with Crippen molar-refractivity contribution < 1.29 is 9.53 Å². The van der Waals surface area contributed by atoms with Crippen LogP contribution >= 0.6 is 23.4 Å². The molecular formula is C20H20ClN3O3S. The van der Waals surface area contributed by atoms with E-state index in [1.807, 2.05) is 26.0 Å². The zero-order chi connectivity index (χ0) is 20.3. The van der Waals surface area contributed by atoms with E-state index in [0.29, 0.717) is 32.5 Å². The molecule has 3 rings (SSSR count). The van der Waals surface area contributed by atoms with Crippen LogP contribution in [0.2, 0.25) is 5.02 Å². The van der Waals surface area contributed by atoms with Crippen LogP contribution in [0, 0.1) is 0 Å². The standard InChI is InChI=1S/C20H20ClN3O3S/c1-12(2)22-18(25)11-28-20-23-15-10-13(21)8-9-14(15)19(26)24(20)16-6-4-5-7-17(16)27-3/h4-10,12H,11H2,1-3H3,(H,22,25). The number of halogens is 1. The Labute approximate surface area is 171 Å². The average molecular weight is 418 g/mol. The zero-order valence-corrected chi connectivity index (χ0v) is 17.3. The maximum atomic E-state index is 13.3. The zero-order valence-electron chi connectivity index (χ0n) is 15.7. The van der Waals surface area contributed by atoms with Gasteiger partial charge < -0.3 is 10.1 Å². The van der Waals surface area contributed by atoms with Gasteiger partial charge in [0, 0.05) is 11.1 Å². The van der Waals surface area contributed by atoms with E-state index >= 15 is 0 Å². The number of fused-ring (bicyclic) bond motifs is 1. The fourth-order valence-electron chi connectivity index (χ4n) is 2.76. The molecule has 0 bridgehead atoms. The molecule has 0 aliphatic rings. The summed E-state index contributed by atoms with van der Waals surface area (Å²) in [6.45, 7) is 3.78. The van der Waals surface area contributed by atoms with Crippen molar-refractivity contribution in [2.24, 2.45) is 0 Å². The van der Waals surface area contributed by atoms with Gasteiger partial charge in [-0.05, 0) is 44.2 Å². The molecule has 6 nitrogen and oxygen atoms in total. The molecule has 0 unspecified atom stereocenters. The van der Waals surface area contributed by atoms with Crippen molar-refractivity contribution in [2.45, 2.75) is 25.0 Å². The van der Waals surface area contributed by atoms with Gasteiger partial charge in [-0.15, -0.1) is 0 Å². The largest absolute Gasteiger partial charge is 0.495 e. The van der Waals surface area contributed by atoms with Gasteiger partial charge in [0.05, 0.1) is 29.5 Å². The first-order valence-electron chi connectivity index (χ1n) is 8.68. The molecule has 0 fully saturated rings. The SMILES string of the molecule is COc1ccccc1-n1c(SCC(=O)NC(C)C)nc2cc(Cl)ccc2c1=O. The summed E-state index contributed by atoms with van der Waals surface area (Å²) in [6.07, 6.45) is 0. The van der Waals surface area contributed by atoms with E-state index < -0.39 is 0 Å². The van der Waals surface area contributed by atoms with Crippen LogP contribution < -0.4 is 15.6 Å². The fraction of sp³-hybridized carbons (Fsp3) is 0.250. The summed E-state index contributed by atoms with van der Waals surface area (Å²) in [5, 5.41) is 4.15. The van der Waals surface area contributed by atoms with Gasteiger partial charge in [0.1, 0.15) is 5.75 Å². The molecule has 0 saturated heterocycles. The minimum Gasteiger partial charge on any atom is -0.495 e. The molecular weight excluding hydrogens is 398 g/mol. The van der Waals surface area contributed by atoms with Crippen LogP contribution in [-0.2, 0) is 4.79 Å². The number of nitrogens with one attached hydrogen (secondary N) is 1. The summed E-state index contributed by atoms with van der Waals surface area (Å²) in [4.78, 5) is 30.0. The molecule has 0 atom stereocenters. The maximum Gasteiger partial charge on any atom is 0.266 e. The highest BCUT2D eigenvalue weighted by atomic mass is 35.5. The van der Waals surface area contributed by atoms with Gasteiger partial charge in [-0.2, -0.15) is 0 Å². The van der Waals surface area contributed by atoms with Crippen molar-refractivity contribution in [1.29, 1.82) is 0 Å². The highest BCUT2D eigenvalue weighted by Crippen LogP contribution is 2.27. The van der Waals surface area contributed by atoms with E-state index in [2.05, 4.69) is 10.3 Å². The second kappa shape index (κ2) is 8.67. The molecule has 28 heavy (non-hydrogen) atoms. The van der Waals surface area contributed by atoms with E-state index in [9.17, 15) is 9.59 Å². The molecule has 8 heteroatoms. The molecule has 146 valence electrons. The molecule has 0 saturated carbocycles. The van der Waals surface area contributed by atoms with Crippen LogP contribution in [0.15, 0.2) is 52.4 Å². The third kappa shape index (κ3) is 4.31. The predicted octanol–water partition coefficient (Wildman–Crippen LogP) is 3.66. The average Bonchev–Trinajstić information content (AvgIpc) is 2.65. The van der Waals surface area contributed by atoms with E-state index in [-0.39, 0.29) is 23.3 Å². The van der Waals surface area contributed by atoms with Crippen LogP contribution in [0.5, 0.6) is 5.75 Å². The van der Waals surface area contributed by atoms with Gasteiger partial charge in [0.15, 0.2) is 5.16 Å². The lowest BCUT2D eigenvalue weighted by molar-refractivity contribution is -0.119. The number of thioether (sulfide) groups is 1. The quantitative estimate of drug-likeness (QED) is 0.489. The first-order chi connectivity index (χ1) is 13.4. The molecule has 1 aromatic heterocycles. The molecule has 1 amide bonds. The van der Waals surface area contributed by atoms with Crippen LogP contribution in [0.1, 0.15) is 13.8 Å². The number of carbonyl (C=O) groups is 1. The Morgan fingerprint density at radius 1 is 1.29 bits per heavy atom. The molecule has 0 radical (unpaired) electrons. The summed E-state index contributed by atoms with van der Waals surface area (Å²) in [6, 6.07) is 12.2. The van der Waals surface area contributed by atoms with Crippen LogP contribution in [0.4, 0.5) is 0 Å². The summed E-state index contributed by atoms with van der Waals surface area (Å²) in [5.74, 6) is 0.534. The number of ether oxygens (including phenoxy) is 1. The molecule has 0 spiro atoms. The lowest BCUT2D eigenvalue weighted by atomic mass is 10.2. The minimum absolute atomic E-state index is 0.0351. The van der Waals surface area contributed by atoms with Crippen molar-refractivity contribution in [3.8, 4) is 11.4 Å². The van der Waals surface area contributed by atoms with E-state index in [0.717, 1.165) is 0 Å². The van der Waals surface area contributed by atoms with E-state index in [4.69, 9.17) is 16.3 Å². The van der Waals surface area contributed by atoms with Gasteiger partial charge in [-0.3, -0.25) is 14.2 Å². The van der Waals surface area contributed by atoms with E-state index in [1.54, 1.807) is 37.4 Å². The lowest BCUT2D eigenvalue weighted by Gasteiger charge is -2.16. The van der Waals surface area contributed by atoms with Crippen molar-refractivity contribution >= 4 is 40.2 Å². The van der Waals surface area contributed by atoms with Crippen molar-refractivity contribution in [1.82, 2.24) is 14.9 Å². The Bertz CT molecular complexity index is 1080. The van der Waals surface area contributed by atoms with Crippen LogP contribution in [0.3, 0.4) is 0 Å². The van der Waals surface area contributed by atoms with Gasteiger partial charge in [0.2, 0.25) is 5.91 Å². The molecule has 1 heterocycles. The number of carbonyl (C=O) groups excluding carboxylic acids is 1. The Kier molecular flexibility index (Phi) is 6.26. The number of methoxy groups -OCH3 is 1. The topological polar surface area (TPSA) is 73.2 Å². The van der Waals surface area contributed by atoms with Gasteiger partial charge in [-0.1, -0.05) is 35.5 Å². The summed E-state index contributed by atoms with van der Waals surface area (Å²) >= 11 is 7.26. The van der Waals surface area contributed by atoms with Crippen LogP contribution in [-0.4, -0.2) is 34.4 Å². The Hall–Kier alpha value is -2.51. The predicted molar refractivity (Wildman–Crippen MR) is 113 cm³/mol. The normalized spacial score (nSPS) is 11.0. The Balaban J connectivity index is 2.16. The van der Waals surface area contributed by atoms with Gasteiger partial charge in [0.25, 0.3) is 5.56 Å². The second-order valence-electron chi connectivity index (χ2n) is 6.38. The fourth-order valence-corrected chi connectivity index (χ4v) is 3.74. The number of hydrogen-bond donors (Lipinski definition) is 1. The van der Waals surface area contributed by atoms with Crippen molar-refractivity contribution in [3.63, 3.8) is 0 Å². The minimum atomic E-state index is -0.252. The second-order valence-corrected chi connectivity index (χ2v) is 7.76. The van der Waals surface area contributed by atoms with E-state index in [1.165, 1.54) is 16.3 Å². The number of amides is 1. The molecule has 0 aliphatic heterocycles. The first-order valence-corrected chi connectivity index (χ1v) is 10.0. The number of nitrogens with zero attached hydrogens (tertiary/aromatic N) is 2. The van der Waals surface area contributed by atoms with Gasteiger partial charge >= 0.3 is 0 Å². The first kappa shape index (κ1) is 20.2. The van der Waals surface area contributed by atoms with Gasteiger partial charge in [-0.25, -0.2) is 4.98 Å². The number of hydrogen-bond acceptors (Lipinski definition) is 5. The smallest absolute Gasteiger partial charge is 0.266 e. The third-order valence-corrected chi connectivity index (χ3v) is 5.08. The molecule has 1 N–H and O–H groups in total. The summed E-state index contributed by atoms with van der Waals surface area (Å²) in [7, 11) is 1.54. The van der Waals surface area contributed by atoms with Crippen molar-refractivity contribution in [2.75, 3.05) is 12.9 Å². The molecule has 3 aromatic rings. The van der Waals surface area contributed by atoms with Crippen molar-refractivity contribution in [3.05, 3.63) is 57.8 Å². The Morgan fingerprint density at radius 3 is 2.75 bits per heavy atom. The maximum absolute atomic E-state index is 13.3. The summed E-state index contributed by atoms with van der Waals surface area (Å²) < 4.78 is 6.90. The Morgan fingerprint density at radius 2 is 2.04 bits per heavy atom. The monoisotopic (exact) mass is 417 g/mol. The number of benzene rings is 2. The third-order valence-electron chi connectivity index (χ3n) is 3.91. The number of aromatic nitrogens is 2. The number of rotatable bonds is 6. The molecule has 2 aromatic carbocycles. The lowest BCUT2D eigenvalue weighted by Crippen LogP contribution is -2.32. The highest BCUT2D eigenvalue weighted by molar-refractivity contribution is 7.99. The summed E-state index contributed by atoms with van der Waals surface area (Å²) in [5.41, 5.74) is 0.791. The number of para-hydroxylation sites is 2. The molecule has 0 aliphatic carbocycles. The highest BCUT2D eigenvalue weighted by Gasteiger charge is 2.17. The van der Waals surface area contributed by atoms with Crippen LogP contribution in [0.25, 0.3) is 16.6 Å².